The Bertz CT molecular complexity index is 983. The van der Waals surface area contributed by atoms with Crippen LogP contribution in [0.15, 0.2) is 23.0 Å². The zero-order valence-electron chi connectivity index (χ0n) is 16.4. The van der Waals surface area contributed by atoms with Crippen LogP contribution in [0, 0.1) is 6.92 Å². The van der Waals surface area contributed by atoms with Gasteiger partial charge in [0.05, 0.1) is 11.1 Å². The summed E-state index contributed by atoms with van der Waals surface area (Å²) >= 11 is 0. The van der Waals surface area contributed by atoms with Crippen LogP contribution >= 0.6 is 0 Å². The quantitative estimate of drug-likeness (QED) is 0.735. The molecule has 2 N–H and O–H groups in total. The van der Waals surface area contributed by atoms with E-state index < -0.39 is 35.1 Å². The fourth-order valence-electron chi connectivity index (χ4n) is 3.33. The lowest BCUT2D eigenvalue weighted by atomic mass is 9.87. The van der Waals surface area contributed by atoms with Crippen molar-refractivity contribution in [1.29, 1.82) is 0 Å². The molecule has 7 nitrogen and oxygen atoms in total. The molecule has 3 rings (SSSR count). The van der Waals surface area contributed by atoms with Gasteiger partial charge in [-0.05, 0) is 59.2 Å². The molecular weight excluding hydrogens is 350 g/mol. The van der Waals surface area contributed by atoms with Crippen LogP contribution in [0.2, 0.25) is 0 Å². The standard InChI is InChI=1S/C20H25NO6/c1-10-9-13(22)21(18(25)27-19(2,3)4)15-11(10)7-8-12-14(15)16(23)17(24)20(5,6)26-12/h7-9,16-17,23-24H,1-6H3/t16-,17-/m1/s1. The predicted octanol–water partition coefficient (Wildman–Crippen LogP) is 2.66. The number of carbonyl (C=O) groups excluding carboxylic acids is 1. The summed E-state index contributed by atoms with van der Waals surface area (Å²) in [4.78, 5) is 25.4. The van der Waals surface area contributed by atoms with E-state index in [0.717, 1.165) is 4.57 Å². The minimum Gasteiger partial charge on any atom is -0.485 e. The molecule has 0 bridgehead atoms. The summed E-state index contributed by atoms with van der Waals surface area (Å²) in [6, 6.07) is 4.74. The number of hydrogen-bond donors (Lipinski definition) is 2. The lowest BCUT2D eigenvalue weighted by Crippen LogP contribution is -2.49. The summed E-state index contributed by atoms with van der Waals surface area (Å²) in [6.07, 6.45) is -3.42. The summed E-state index contributed by atoms with van der Waals surface area (Å²) in [6.45, 7) is 10.2. The number of hydrogen-bond acceptors (Lipinski definition) is 6. The molecule has 0 fully saturated rings. The van der Waals surface area contributed by atoms with E-state index >= 15 is 0 Å². The third-order valence-electron chi connectivity index (χ3n) is 4.64. The number of ether oxygens (including phenoxy) is 2. The average molecular weight is 375 g/mol. The summed E-state index contributed by atoms with van der Waals surface area (Å²) in [5.74, 6) is 0.313. The zero-order chi connectivity index (χ0) is 20.3. The first-order chi connectivity index (χ1) is 12.3. The number of carbonyl (C=O) groups is 1. The van der Waals surface area contributed by atoms with Crippen LogP contribution in [0.4, 0.5) is 4.79 Å². The molecule has 0 unspecified atom stereocenters. The maximum Gasteiger partial charge on any atom is 0.422 e. The van der Waals surface area contributed by atoms with Crippen molar-refractivity contribution in [2.75, 3.05) is 0 Å². The van der Waals surface area contributed by atoms with Crippen LogP contribution in [0.1, 0.15) is 51.8 Å². The number of aliphatic hydroxyl groups excluding tert-OH is 2. The average Bonchev–Trinajstić information content (AvgIpc) is 2.50. The highest BCUT2D eigenvalue weighted by Gasteiger charge is 2.44. The van der Waals surface area contributed by atoms with Gasteiger partial charge in [0.25, 0.3) is 5.56 Å². The molecule has 27 heavy (non-hydrogen) atoms. The Kier molecular flexibility index (Phi) is 4.36. The lowest BCUT2D eigenvalue weighted by Gasteiger charge is -2.40. The number of aryl methyl sites for hydroxylation is 1. The van der Waals surface area contributed by atoms with Gasteiger partial charge in [0.2, 0.25) is 0 Å². The van der Waals surface area contributed by atoms with E-state index in [1.165, 1.54) is 6.07 Å². The molecule has 7 heteroatoms. The first-order valence-corrected chi connectivity index (χ1v) is 8.81. The Morgan fingerprint density at radius 1 is 1.26 bits per heavy atom. The largest absolute Gasteiger partial charge is 0.485 e. The fraction of sp³-hybridized carbons (Fsp3) is 0.500. The van der Waals surface area contributed by atoms with Crippen LogP contribution in [0.3, 0.4) is 0 Å². The molecule has 0 radical (unpaired) electrons. The summed E-state index contributed by atoms with van der Waals surface area (Å²) in [7, 11) is 0. The number of rotatable bonds is 0. The number of nitrogens with zero attached hydrogens (tertiary/aromatic N) is 1. The molecule has 0 saturated heterocycles. The third-order valence-corrected chi connectivity index (χ3v) is 4.64. The summed E-state index contributed by atoms with van der Waals surface area (Å²) in [5, 5.41) is 21.9. The number of aliphatic hydroxyl groups is 2. The molecule has 2 aromatic rings. The highest BCUT2D eigenvalue weighted by atomic mass is 16.6. The van der Waals surface area contributed by atoms with Gasteiger partial charge in [-0.15, -0.1) is 0 Å². The van der Waals surface area contributed by atoms with E-state index in [-0.39, 0.29) is 11.1 Å². The molecule has 2 atom stereocenters. The van der Waals surface area contributed by atoms with Gasteiger partial charge in [0.1, 0.15) is 29.2 Å². The lowest BCUT2D eigenvalue weighted by molar-refractivity contribution is -0.111. The van der Waals surface area contributed by atoms with Crippen molar-refractivity contribution < 1.29 is 24.5 Å². The monoisotopic (exact) mass is 375 g/mol. The minimum atomic E-state index is -1.33. The summed E-state index contributed by atoms with van der Waals surface area (Å²) < 4.78 is 12.1. The molecular formula is C20H25NO6. The van der Waals surface area contributed by atoms with Crippen LogP contribution in [0.5, 0.6) is 5.75 Å². The number of fused-ring (bicyclic) bond motifs is 3. The smallest absolute Gasteiger partial charge is 0.422 e. The Labute approximate surface area is 157 Å². The zero-order valence-corrected chi connectivity index (χ0v) is 16.4. The van der Waals surface area contributed by atoms with E-state index in [0.29, 0.717) is 16.7 Å². The Morgan fingerprint density at radius 2 is 1.89 bits per heavy atom. The van der Waals surface area contributed by atoms with E-state index in [4.69, 9.17) is 9.47 Å². The van der Waals surface area contributed by atoms with E-state index in [2.05, 4.69) is 0 Å². The topological polar surface area (TPSA) is 98.0 Å². The van der Waals surface area contributed by atoms with Crippen LogP contribution in [-0.4, -0.2) is 38.2 Å². The summed E-state index contributed by atoms with van der Waals surface area (Å²) in [5.41, 5.74) is -1.38. The van der Waals surface area contributed by atoms with Crippen molar-refractivity contribution in [1.82, 2.24) is 4.57 Å². The first kappa shape index (κ1) is 19.4. The molecule has 1 aliphatic rings. The van der Waals surface area contributed by atoms with Crippen molar-refractivity contribution in [3.63, 3.8) is 0 Å². The molecule has 0 aliphatic carbocycles. The second-order valence-electron chi connectivity index (χ2n) is 8.45. The van der Waals surface area contributed by atoms with Crippen LogP contribution in [-0.2, 0) is 4.74 Å². The third kappa shape index (κ3) is 3.21. The maximum atomic E-state index is 12.8. The van der Waals surface area contributed by atoms with Crippen molar-refractivity contribution in [2.24, 2.45) is 0 Å². The second kappa shape index (κ2) is 6.07. The van der Waals surface area contributed by atoms with Gasteiger partial charge < -0.3 is 19.7 Å². The molecule has 2 heterocycles. The maximum absolute atomic E-state index is 12.8. The van der Waals surface area contributed by atoms with Crippen LogP contribution in [0.25, 0.3) is 10.9 Å². The van der Waals surface area contributed by atoms with Crippen LogP contribution < -0.4 is 10.3 Å². The molecule has 1 aromatic carbocycles. The highest BCUT2D eigenvalue weighted by molar-refractivity contribution is 5.94. The minimum absolute atomic E-state index is 0.189. The van der Waals surface area contributed by atoms with Gasteiger partial charge >= 0.3 is 6.09 Å². The van der Waals surface area contributed by atoms with Gasteiger partial charge in [-0.1, -0.05) is 0 Å². The van der Waals surface area contributed by atoms with E-state index in [1.807, 2.05) is 0 Å². The number of aromatic nitrogens is 1. The predicted molar refractivity (Wildman–Crippen MR) is 100 cm³/mol. The molecule has 1 aliphatic heterocycles. The van der Waals surface area contributed by atoms with E-state index in [9.17, 15) is 19.8 Å². The van der Waals surface area contributed by atoms with Crippen molar-refractivity contribution >= 4 is 17.0 Å². The SMILES string of the molecule is Cc1cc(=O)n(C(=O)OC(C)(C)C)c2c3c(ccc12)OC(C)(C)[C@H](O)[C@@H]3O. The highest BCUT2D eigenvalue weighted by Crippen LogP contribution is 2.43. The second-order valence-corrected chi connectivity index (χ2v) is 8.45. The van der Waals surface area contributed by atoms with Gasteiger partial charge in [0.15, 0.2) is 0 Å². The van der Waals surface area contributed by atoms with Gasteiger partial charge in [0, 0.05) is 11.5 Å². The van der Waals surface area contributed by atoms with Gasteiger partial charge in [-0.25, -0.2) is 9.36 Å². The van der Waals surface area contributed by atoms with Crippen molar-refractivity contribution in [2.45, 2.75) is 65.0 Å². The Hall–Kier alpha value is -2.38. The van der Waals surface area contributed by atoms with Gasteiger partial charge in [-0.3, -0.25) is 4.79 Å². The van der Waals surface area contributed by atoms with Crippen molar-refractivity contribution in [3.05, 3.63) is 39.7 Å². The Balaban J connectivity index is 2.38. The first-order valence-electron chi connectivity index (χ1n) is 8.81. The molecule has 0 amide bonds. The molecule has 1 aromatic heterocycles. The van der Waals surface area contributed by atoms with Crippen molar-refractivity contribution in [3.8, 4) is 5.75 Å². The van der Waals surface area contributed by atoms with E-state index in [1.54, 1.807) is 53.7 Å². The van der Waals surface area contributed by atoms with Gasteiger partial charge in [-0.2, -0.15) is 0 Å². The molecule has 0 saturated carbocycles. The molecule has 146 valence electrons. The normalized spacial score (nSPS) is 21.5. The molecule has 0 spiro atoms. The Morgan fingerprint density at radius 3 is 2.48 bits per heavy atom. The number of pyridine rings is 1. The fourth-order valence-corrected chi connectivity index (χ4v) is 3.33. The number of benzene rings is 1.